The van der Waals surface area contributed by atoms with Crippen LogP contribution in [0.15, 0.2) is 60.7 Å². The Morgan fingerprint density at radius 1 is 0.978 bits per heavy atom. The zero-order valence-corrected chi connectivity index (χ0v) is 26.6. The highest BCUT2D eigenvalue weighted by molar-refractivity contribution is 6.34. The van der Waals surface area contributed by atoms with Crippen LogP contribution in [0.4, 0.5) is 16.2 Å². The van der Waals surface area contributed by atoms with Gasteiger partial charge in [0.05, 0.1) is 23.3 Å². The van der Waals surface area contributed by atoms with E-state index < -0.39 is 6.03 Å². The second-order valence-electron chi connectivity index (χ2n) is 11.3. The number of primary amides is 1. The zero-order chi connectivity index (χ0) is 32.2. The number of ether oxygens (including phenoxy) is 1. The summed E-state index contributed by atoms with van der Waals surface area (Å²) in [4.78, 5) is 57.1. The number of anilines is 2. The molecule has 3 N–H and O–H groups in total. The third-order valence-corrected chi connectivity index (χ3v) is 8.95. The maximum absolute atomic E-state index is 14.1. The number of hydrogen-bond donors (Lipinski definition) is 2. The van der Waals surface area contributed by atoms with E-state index in [-0.39, 0.29) is 36.1 Å². The minimum atomic E-state index is -0.487. The van der Waals surface area contributed by atoms with E-state index in [0.717, 1.165) is 5.56 Å². The molecule has 0 aromatic heterocycles. The number of nitrogens with one attached hydrogen (secondary N) is 1. The summed E-state index contributed by atoms with van der Waals surface area (Å²) in [6.07, 6.45) is 1.59. The first-order chi connectivity index (χ1) is 21.6. The Bertz CT molecular complexity index is 1630. The molecule has 10 nitrogen and oxygen atoms in total. The lowest BCUT2D eigenvalue weighted by molar-refractivity contribution is -0.135. The van der Waals surface area contributed by atoms with E-state index in [1.807, 2.05) is 19.1 Å². The second-order valence-corrected chi connectivity index (χ2v) is 12.1. The average Bonchev–Trinajstić information content (AvgIpc) is 3.19. The number of urea groups is 1. The summed E-state index contributed by atoms with van der Waals surface area (Å²) in [6, 6.07) is 16.3. The van der Waals surface area contributed by atoms with Crippen molar-refractivity contribution in [2.75, 3.05) is 43.5 Å². The summed E-state index contributed by atoms with van der Waals surface area (Å²) in [7, 11) is 1.47. The maximum atomic E-state index is 14.1. The van der Waals surface area contributed by atoms with Gasteiger partial charge >= 0.3 is 6.03 Å². The largest absolute Gasteiger partial charge is 0.496 e. The molecular formula is C33H35Cl2N5O5. The Labute approximate surface area is 272 Å². The van der Waals surface area contributed by atoms with Gasteiger partial charge in [0.15, 0.2) is 0 Å². The lowest BCUT2D eigenvalue weighted by atomic mass is 9.90. The third kappa shape index (κ3) is 7.02. The van der Waals surface area contributed by atoms with E-state index in [0.29, 0.717) is 77.3 Å². The topological polar surface area (TPSA) is 125 Å². The van der Waals surface area contributed by atoms with E-state index in [2.05, 4.69) is 5.32 Å². The van der Waals surface area contributed by atoms with Crippen LogP contribution in [-0.4, -0.2) is 72.9 Å². The van der Waals surface area contributed by atoms with Crippen LogP contribution in [0.1, 0.15) is 58.4 Å². The van der Waals surface area contributed by atoms with E-state index in [9.17, 15) is 19.2 Å². The molecule has 0 bridgehead atoms. The molecule has 5 rings (SSSR count). The molecule has 12 heteroatoms. The van der Waals surface area contributed by atoms with E-state index in [4.69, 9.17) is 33.7 Å². The second kappa shape index (κ2) is 13.8. The number of nitrogens with zero attached hydrogens (tertiary/aromatic N) is 3. The number of methoxy groups -OCH3 is 1. The van der Waals surface area contributed by atoms with Crippen molar-refractivity contribution in [2.45, 2.75) is 38.1 Å². The Kier molecular flexibility index (Phi) is 9.84. The molecule has 2 aliphatic heterocycles. The number of carbonyl (C=O) groups excluding carboxylic acids is 4. The van der Waals surface area contributed by atoms with Crippen molar-refractivity contribution in [1.82, 2.24) is 9.80 Å². The van der Waals surface area contributed by atoms with Gasteiger partial charge in [-0.15, -0.1) is 0 Å². The lowest BCUT2D eigenvalue weighted by Crippen LogP contribution is -2.56. The number of nitrogens with two attached hydrogens (primary N) is 1. The Hall–Kier alpha value is -4.28. The summed E-state index contributed by atoms with van der Waals surface area (Å²) in [5, 5.41) is 3.65. The molecule has 3 aromatic carbocycles. The molecule has 2 heterocycles. The smallest absolute Gasteiger partial charge is 0.314 e. The van der Waals surface area contributed by atoms with Gasteiger partial charge in [0.25, 0.3) is 11.8 Å². The fourth-order valence-electron chi connectivity index (χ4n) is 6.08. The molecule has 2 unspecified atom stereocenters. The third-order valence-electron chi connectivity index (χ3n) is 8.39. The molecular weight excluding hydrogens is 617 g/mol. The molecule has 1 saturated heterocycles. The maximum Gasteiger partial charge on any atom is 0.314 e. The van der Waals surface area contributed by atoms with Gasteiger partial charge in [0.1, 0.15) is 5.75 Å². The van der Waals surface area contributed by atoms with Crippen LogP contribution in [0.2, 0.25) is 10.0 Å². The summed E-state index contributed by atoms with van der Waals surface area (Å²) in [5.41, 5.74) is 8.05. The standard InChI is InChI=1S/C33H35Cl2N5O5/c1-20-19-38(33(36)44)14-15-39(20)30(41)16-21-6-5-13-40(28-12-9-22(34)17-26(21)28)32(43)25-11-10-23(18-29(25)45-2)37-31(42)24-7-3-4-8-27(24)35/h3-4,7-12,17-18,20-21H,5-6,13-16,19H2,1-2H3,(H2,36,44)(H,37,42). The van der Waals surface area contributed by atoms with Crippen LogP contribution in [0.3, 0.4) is 0 Å². The number of carbonyl (C=O) groups is 4. The monoisotopic (exact) mass is 651 g/mol. The van der Waals surface area contributed by atoms with Crippen LogP contribution >= 0.6 is 23.2 Å². The first kappa shape index (κ1) is 32.1. The van der Waals surface area contributed by atoms with Gasteiger partial charge in [-0.2, -0.15) is 0 Å². The number of hydrogen-bond acceptors (Lipinski definition) is 5. The van der Waals surface area contributed by atoms with Crippen LogP contribution in [0.25, 0.3) is 0 Å². The predicted molar refractivity (Wildman–Crippen MR) is 174 cm³/mol. The summed E-state index contributed by atoms with van der Waals surface area (Å²) < 4.78 is 5.59. The van der Waals surface area contributed by atoms with Gasteiger partial charge in [-0.25, -0.2) is 4.79 Å². The van der Waals surface area contributed by atoms with Gasteiger partial charge in [0.2, 0.25) is 5.91 Å². The Morgan fingerprint density at radius 2 is 1.76 bits per heavy atom. The number of piperazine rings is 1. The molecule has 0 spiro atoms. The SMILES string of the molecule is COc1cc(NC(=O)c2ccccc2Cl)ccc1C(=O)N1CCCC(CC(=O)N2CCN(C(N)=O)CC2C)c2cc(Cl)ccc21. The zero-order valence-electron chi connectivity index (χ0n) is 25.1. The Balaban J connectivity index is 1.37. The minimum Gasteiger partial charge on any atom is -0.496 e. The number of amides is 5. The summed E-state index contributed by atoms with van der Waals surface area (Å²) >= 11 is 12.6. The minimum absolute atomic E-state index is 0.0154. The number of fused-ring (bicyclic) bond motifs is 1. The van der Waals surface area contributed by atoms with Gasteiger partial charge in [-0.1, -0.05) is 35.3 Å². The van der Waals surface area contributed by atoms with Crippen molar-refractivity contribution < 1.29 is 23.9 Å². The van der Waals surface area contributed by atoms with Crippen LogP contribution in [-0.2, 0) is 4.79 Å². The molecule has 3 aromatic rings. The van der Waals surface area contributed by atoms with Crippen molar-refractivity contribution in [1.29, 1.82) is 0 Å². The van der Waals surface area contributed by atoms with Gasteiger partial charge in [0, 0.05) is 61.1 Å². The highest BCUT2D eigenvalue weighted by Crippen LogP contribution is 2.40. The van der Waals surface area contributed by atoms with Crippen LogP contribution in [0.5, 0.6) is 5.75 Å². The van der Waals surface area contributed by atoms with Crippen molar-refractivity contribution in [3.8, 4) is 5.75 Å². The number of benzene rings is 3. The molecule has 2 aliphatic rings. The average molecular weight is 653 g/mol. The van der Waals surface area contributed by atoms with Crippen LogP contribution < -0.4 is 20.7 Å². The molecule has 2 atom stereocenters. The molecule has 0 saturated carbocycles. The van der Waals surface area contributed by atoms with Crippen molar-refractivity contribution in [3.63, 3.8) is 0 Å². The fourth-order valence-corrected chi connectivity index (χ4v) is 6.49. The number of rotatable bonds is 6. The Morgan fingerprint density at radius 3 is 2.47 bits per heavy atom. The van der Waals surface area contributed by atoms with Crippen molar-refractivity contribution >= 4 is 58.3 Å². The van der Waals surface area contributed by atoms with E-state index >= 15 is 0 Å². The normalized spacial score (nSPS) is 18.1. The fraction of sp³-hybridized carbons (Fsp3) is 0.333. The predicted octanol–water partition coefficient (Wildman–Crippen LogP) is 5.78. The number of halogens is 2. The van der Waals surface area contributed by atoms with E-state index in [1.165, 1.54) is 7.11 Å². The molecule has 236 valence electrons. The molecule has 45 heavy (non-hydrogen) atoms. The molecule has 0 radical (unpaired) electrons. The van der Waals surface area contributed by atoms with Crippen molar-refractivity contribution in [3.05, 3.63) is 87.4 Å². The van der Waals surface area contributed by atoms with E-state index in [1.54, 1.807) is 63.2 Å². The molecule has 1 fully saturated rings. The van der Waals surface area contributed by atoms with Crippen molar-refractivity contribution in [2.24, 2.45) is 5.73 Å². The van der Waals surface area contributed by atoms with Gasteiger partial charge in [-0.05, 0) is 73.7 Å². The highest BCUT2D eigenvalue weighted by Gasteiger charge is 2.34. The quantitative estimate of drug-likeness (QED) is 0.349. The first-order valence-electron chi connectivity index (χ1n) is 14.8. The molecule has 0 aliphatic carbocycles. The van der Waals surface area contributed by atoms with Gasteiger partial charge in [-0.3, -0.25) is 14.4 Å². The highest BCUT2D eigenvalue weighted by atomic mass is 35.5. The molecule has 5 amide bonds. The lowest BCUT2D eigenvalue weighted by Gasteiger charge is -2.39. The van der Waals surface area contributed by atoms with Crippen LogP contribution in [0, 0.1) is 0 Å². The first-order valence-corrected chi connectivity index (χ1v) is 15.5. The summed E-state index contributed by atoms with van der Waals surface area (Å²) in [5.74, 6) is -0.534. The van der Waals surface area contributed by atoms with Gasteiger partial charge < -0.3 is 30.5 Å². The summed E-state index contributed by atoms with van der Waals surface area (Å²) in [6.45, 7) is 3.54.